The average Bonchev–Trinajstić information content (AvgIpc) is 3.29. The number of hydrogen-bond donors (Lipinski definition) is 1. The predicted molar refractivity (Wildman–Crippen MR) is 85.3 cm³/mol. The summed E-state index contributed by atoms with van der Waals surface area (Å²) in [5.41, 5.74) is 0.209. The fourth-order valence-electron chi connectivity index (χ4n) is 2.24. The molecule has 1 N–H and O–H groups in total. The number of carbonyl (C=O) groups excluding carboxylic acids is 1. The number of halogens is 3. The number of nitrogens with zero attached hydrogens (tertiary/aromatic N) is 2. The standard InChI is InChI=1S/C17H14F3N3O4/c18-17(19,20)26-12-5-2-1-4-11(12)10-21-14(24)7-8-15-22-16(23-27-15)13-6-3-9-25-13/h1-6,9H,7-8,10H2,(H,21,24). The third-order valence-corrected chi connectivity index (χ3v) is 3.45. The van der Waals surface area contributed by atoms with Crippen molar-refractivity contribution in [3.63, 3.8) is 0 Å². The van der Waals surface area contributed by atoms with E-state index < -0.39 is 6.36 Å². The number of aromatic nitrogens is 2. The minimum Gasteiger partial charge on any atom is -0.461 e. The molecule has 10 heteroatoms. The summed E-state index contributed by atoms with van der Waals surface area (Å²) in [5, 5.41) is 6.28. The summed E-state index contributed by atoms with van der Waals surface area (Å²) in [4.78, 5) is 16.0. The van der Waals surface area contributed by atoms with Gasteiger partial charge in [0.15, 0.2) is 5.76 Å². The third-order valence-electron chi connectivity index (χ3n) is 3.45. The second kappa shape index (κ2) is 7.94. The van der Waals surface area contributed by atoms with Crippen molar-refractivity contribution >= 4 is 5.91 Å². The van der Waals surface area contributed by atoms with E-state index in [-0.39, 0.29) is 48.3 Å². The number of aryl methyl sites for hydroxylation is 1. The molecule has 0 aliphatic rings. The van der Waals surface area contributed by atoms with Gasteiger partial charge in [-0.1, -0.05) is 23.4 Å². The minimum atomic E-state index is -4.80. The number of carbonyl (C=O) groups is 1. The van der Waals surface area contributed by atoms with Crippen molar-refractivity contribution in [3.05, 3.63) is 54.1 Å². The Morgan fingerprint density at radius 3 is 2.74 bits per heavy atom. The molecular formula is C17H14F3N3O4. The molecule has 0 bridgehead atoms. The van der Waals surface area contributed by atoms with Gasteiger partial charge in [0.05, 0.1) is 6.26 Å². The highest BCUT2D eigenvalue weighted by Crippen LogP contribution is 2.26. The van der Waals surface area contributed by atoms with Gasteiger partial charge >= 0.3 is 6.36 Å². The van der Waals surface area contributed by atoms with Gasteiger partial charge in [-0.25, -0.2) is 0 Å². The van der Waals surface area contributed by atoms with Crippen LogP contribution in [0.1, 0.15) is 17.9 Å². The molecule has 0 spiro atoms. The van der Waals surface area contributed by atoms with Gasteiger partial charge in [0.25, 0.3) is 0 Å². The molecule has 0 radical (unpaired) electrons. The zero-order chi connectivity index (χ0) is 19.3. The molecule has 1 aromatic carbocycles. The maximum absolute atomic E-state index is 12.4. The van der Waals surface area contributed by atoms with Crippen molar-refractivity contribution in [3.8, 4) is 17.3 Å². The molecule has 0 saturated heterocycles. The molecule has 3 rings (SSSR count). The average molecular weight is 381 g/mol. The molecule has 2 heterocycles. The maximum Gasteiger partial charge on any atom is 0.573 e. The number of rotatable bonds is 7. The molecule has 1 amide bonds. The SMILES string of the molecule is O=C(CCc1nc(-c2ccco2)no1)NCc1ccccc1OC(F)(F)F. The lowest BCUT2D eigenvalue weighted by Gasteiger charge is -2.13. The van der Waals surface area contributed by atoms with Crippen LogP contribution in [0.15, 0.2) is 51.6 Å². The van der Waals surface area contributed by atoms with Gasteiger partial charge in [0.2, 0.25) is 17.6 Å². The lowest BCUT2D eigenvalue weighted by molar-refractivity contribution is -0.274. The summed E-state index contributed by atoms with van der Waals surface area (Å²) in [6, 6.07) is 8.94. The first-order valence-corrected chi connectivity index (χ1v) is 7.87. The number of alkyl halides is 3. The Hall–Kier alpha value is -3.30. The van der Waals surface area contributed by atoms with Crippen molar-refractivity contribution in [1.82, 2.24) is 15.5 Å². The highest BCUT2D eigenvalue weighted by Gasteiger charge is 2.31. The quantitative estimate of drug-likeness (QED) is 0.674. The predicted octanol–water partition coefficient (Wildman–Crippen LogP) is 3.48. The number of amides is 1. The van der Waals surface area contributed by atoms with Gasteiger partial charge in [0.1, 0.15) is 5.75 Å². The number of benzene rings is 1. The summed E-state index contributed by atoms with van der Waals surface area (Å²) in [6.45, 7) is -0.105. The highest BCUT2D eigenvalue weighted by atomic mass is 19.4. The monoisotopic (exact) mass is 381 g/mol. The van der Waals surface area contributed by atoms with Gasteiger partial charge in [-0.3, -0.25) is 4.79 Å². The Kier molecular flexibility index (Phi) is 5.43. The van der Waals surface area contributed by atoms with Crippen LogP contribution in [0.25, 0.3) is 11.6 Å². The second-order valence-corrected chi connectivity index (χ2v) is 5.42. The number of nitrogens with one attached hydrogen (secondary N) is 1. The van der Waals surface area contributed by atoms with E-state index in [1.165, 1.54) is 24.5 Å². The number of para-hydroxylation sites is 1. The van der Waals surface area contributed by atoms with E-state index in [0.717, 1.165) is 0 Å². The van der Waals surface area contributed by atoms with E-state index in [1.807, 2.05) is 0 Å². The summed E-state index contributed by atoms with van der Waals surface area (Å²) in [7, 11) is 0. The molecular weight excluding hydrogens is 367 g/mol. The van der Waals surface area contributed by atoms with Crippen molar-refractivity contribution < 1.29 is 31.6 Å². The molecule has 0 aliphatic carbocycles. The van der Waals surface area contributed by atoms with E-state index in [9.17, 15) is 18.0 Å². The van der Waals surface area contributed by atoms with Crippen molar-refractivity contribution in [2.45, 2.75) is 25.7 Å². The first kappa shape index (κ1) is 18.5. The third kappa shape index (κ3) is 5.33. The van der Waals surface area contributed by atoms with Crippen LogP contribution in [0.2, 0.25) is 0 Å². The molecule has 0 atom stereocenters. The highest BCUT2D eigenvalue weighted by molar-refractivity contribution is 5.76. The summed E-state index contributed by atoms with van der Waals surface area (Å²) in [5.74, 6) is 0.224. The molecule has 2 aromatic heterocycles. The number of furan rings is 1. The van der Waals surface area contributed by atoms with Crippen molar-refractivity contribution in [2.75, 3.05) is 0 Å². The fraction of sp³-hybridized carbons (Fsp3) is 0.235. The lowest BCUT2D eigenvalue weighted by Crippen LogP contribution is -2.24. The number of ether oxygens (including phenoxy) is 1. The van der Waals surface area contributed by atoms with Crippen LogP contribution in [-0.4, -0.2) is 22.4 Å². The summed E-state index contributed by atoms with van der Waals surface area (Å²) in [6.07, 6.45) is -3.12. The topological polar surface area (TPSA) is 90.4 Å². The second-order valence-electron chi connectivity index (χ2n) is 5.42. The lowest BCUT2D eigenvalue weighted by atomic mass is 10.2. The Morgan fingerprint density at radius 1 is 1.19 bits per heavy atom. The van der Waals surface area contributed by atoms with Gasteiger partial charge in [-0.2, -0.15) is 4.98 Å². The minimum absolute atomic E-state index is 0.0298. The summed E-state index contributed by atoms with van der Waals surface area (Å²) >= 11 is 0. The van der Waals surface area contributed by atoms with Gasteiger partial charge in [0, 0.05) is 24.9 Å². The van der Waals surface area contributed by atoms with E-state index in [0.29, 0.717) is 5.76 Å². The molecule has 0 fully saturated rings. The zero-order valence-corrected chi connectivity index (χ0v) is 13.8. The molecule has 3 aromatic rings. The van der Waals surface area contributed by atoms with Crippen LogP contribution in [0.5, 0.6) is 5.75 Å². The maximum atomic E-state index is 12.4. The van der Waals surface area contributed by atoms with Crippen LogP contribution < -0.4 is 10.1 Å². The van der Waals surface area contributed by atoms with Crippen LogP contribution in [0.3, 0.4) is 0 Å². The van der Waals surface area contributed by atoms with Crippen LogP contribution in [-0.2, 0) is 17.8 Å². The Labute approximate surface area is 151 Å². The largest absolute Gasteiger partial charge is 0.573 e. The Morgan fingerprint density at radius 2 is 2.00 bits per heavy atom. The fourth-order valence-corrected chi connectivity index (χ4v) is 2.24. The number of hydrogen-bond acceptors (Lipinski definition) is 6. The van der Waals surface area contributed by atoms with Crippen molar-refractivity contribution in [1.29, 1.82) is 0 Å². The first-order valence-electron chi connectivity index (χ1n) is 7.87. The smallest absolute Gasteiger partial charge is 0.461 e. The van der Waals surface area contributed by atoms with E-state index >= 15 is 0 Å². The normalized spacial score (nSPS) is 11.4. The molecule has 142 valence electrons. The molecule has 0 unspecified atom stereocenters. The van der Waals surface area contributed by atoms with E-state index in [1.54, 1.807) is 18.2 Å². The summed E-state index contributed by atoms with van der Waals surface area (Å²) < 4.78 is 51.3. The Bertz CT molecular complexity index is 891. The van der Waals surface area contributed by atoms with E-state index in [4.69, 9.17) is 8.94 Å². The first-order chi connectivity index (χ1) is 12.9. The van der Waals surface area contributed by atoms with Crippen LogP contribution in [0, 0.1) is 0 Å². The Balaban J connectivity index is 1.51. The molecule has 27 heavy (non-hydrogen) atoms. The van der Waals surface area contributed by atoms with Gasteiger partial charge in [-0.05, 0) is 18.2 Å². The molecule has 0 saturated carbocycles. The molecule has 0 aliphatic heterocycles. The van der Waals surface area contributed by atoms with Gasteiger partial charge < -0.3 is 19.0 Å². The zero-order valence-electron chi connectivity index (χ0n) is 13.8. The van der Waals surface area contributed by atoms with E-state index in [2.05, 4.69) is 20.2 Å². The molecule has 7 nitrogen and oxygen atoms in total. The van der Waals surface area contributed by atoms with Crippen molar-refractivity contribution in [2.24, 2.45) is 0 Å². The van der Waals surface area contributed by atoms with Crippen LogP contribution >= 0.6 is 0 Å². The van der Waals surface area contributed by atoms with Crippen LogP contribution in [0.4, 0.5) is 13.2 Å². The van der Waals surface area contributed by atoms with Gasteiger partial charge in [-0.15, -0.1) is 13.2 Å².